The van der Waals surface area contributed by atoms with E-state index in [0.717, 1.165) is 11.1 Å². The number of phenols is 1. The topological polar surface area (TPSA) is 96.3 Å². The van der Waals surface area contributed by atoms with Crippen molar-refractivity contribution in [1.29, 1.82) is 0 Å². The summed E-state index contributed by atoms with van der Waals surface area (Å²) in [6, 6.07) is 14.5. The standard InChI is InChI=1S/C25H31NO6/c1-16(27)25(3)15-26(14-20(25)19-10-11-22(31-4)21(29)13-19)24(30)23(32-17(2)28)12-18-8-6-5-7-9-18/h5-11,13,16,20,23,27,29H,12,14-15H2,1-4H3. The van der Waals surface area contributed by atoms with E-state index in [2.05, 4.69) is 0 Å². The molecular formula is C25H31NO6. The van der Waals surface area contributed by atoms with Crippen molar-refractivity contribution < 1.29 is 29.3 Å². The summed E-state index contributed by atoms with van der Waals surface area (Å²) in [4.78, 5) is 26.8. The minimum absolute atomic E-state index is 0.00425. The molecular weight excluding hydrogens is 410 g/mol. The van der Waals surface area contributed by atoms with Crippen LogP contribution < -0.4 is 4.74 Å². The van der Waals surface area contributed by atoms with Gasteiger partial charge < -0.3 is 24.6 Å². The first kappa shape index (κ1) is 23.6. The molecule has 32 heavy (non-hydrogen) atoms. The van der Waals surface area contributed by atoms with Crippen molar-refractivity contribution in [3.63, 3.8) is 0 Å². The number of aliphatic hydroxyl groups excluding tert-OH is 1. The molecule has 0 aromatic heterocycles. The van der Waals surface area contributed by atoms with Crippen LogP contribution in [0.2, 0.25) is 0 Å². The average Bonchev–Trinajstić information content (AvgIpc) is 3.12. The van der Waals surface area contributed by atoms with Gasteiger partial charge in [-0.05, 0) is 30.2 Å². The maximum atomic E-state index is 13.4. The number of benzene rings is 2. The number of carbonyl (C=O) groups excluding carboxylic acids is 2. The molecule has 1 fully saturated rings. The van der Waals surface area contributed by atoms with Gasteiger partial charge in [0.2, 0.25) is 0 Å². The van der Waals surface area contributed by atoms with Crippen LogP contribution >= 0.6 is 0 Å². The molecule has 172 valence electrons. The Morgan fingerprint density at radius 2 is 1.91 bits per heavy atom. The highest BCUT2D eigenvalue weighted by Gasteiger charge is 2.49. The Bertz CT molecular complexity index is 960. The van der Waals surface area contributed by atoms with E-state index < -0.39 is 23.6 Å². The number of ether oxygens (including phenoxy) is 2. The second kappa shape index (κ2) is 9.61. The number of esters is 1. The van der Waals surface area contributed by atoms with E-state index in [0.29, 0.717) is 18.8 Å². The number of aliphatic hydroxyl groups is 1. The first-order valence-electron chi connectivity index (χ1n) is 10.7. The van der Waals surface area contributed by atoms with E-state index in [1.165, 1.54) is 14.0 Å². The molecule has 7 nitrogen and oxygen atoms in total. The number of methoxy groups -OCH3 is 1. The second-order valence-electron chi connectivity index (χ2n) is 8.67. The quantitative estimate of drug-likeness (QED) is 0.642. The zero-order valence-corrected chi connectivity index (χ0v) is 18.9. The van der Waals surface area contributed by atoms with E-state index in [1.54, 1.807) is 24.0 Å². The molecule has 4 atom stereocenters. The fourth-order valence-electron chi connectivity index (χ4n) is 4.43. The molecule has 0 saturated carbocycles. The van der Waals surface area contributed by atoms with Crippen molar-refractivity contribution in [3.8, 4) is 11.5 Å². The van der Waals surface area contributed by atoms with Gasteiger partial charge >= 0.3 is 5.97 Å². The number of amides is 1. The number of rotatable bonds is 7. The molecule has 7 heteroatoms. The van der Waals surface area contributed by atoms with Gasteiger partial charge in [-0.3, -0.25) is 9.59 Å². The lowest BCUT2D eigenvalue weighted by Gasteiger charge is -2.33. The fourth-order valence-corrected chi connectivity index (χ4v) is 4.43. The predicted molar refractivity (Wildman–Crippen MR) is 119 cm³/mol. The van der Waals surface area contributed by atoms with Crippen molar-refractivity contribution in [1.82, 2.24) is 4.90 Å². The summed E-state index contributed by atoms with van der Waals surface area (Å²) in [5.41, 5.74) is 1.04. The van der Waals surface area contributed by atoms with E-state index in [9.17, 15) is 19.8 Å². The maximum absolute atomic E-state index is 13.4. The van der Waals surface area contributed by atoms with Crippen molar-refractivity contribution in [2.75, 3.05) is 20.2 Å². The van der Waals surface area contributed by atoms with Crippen LogP contribution in [0.5, 0.6) is 11.5 Å². The number of phenolic OH excluding ortho intramolecular Hbond substituents is 1. The third-order valence-corrected chi connectivity index (χ3v) is 6.45. The number of carbonyl (C=O) groups is 2. The SMILES string of the molecule is COc1ccc(C2CN(C(=O)C(Cc3ccccc3)OC(C)=O)CC2(C)C(C)O)cc1O. The van der Waals surface area contributed by atoms with Gasteiger partial charge in [0, 0.05) is 37.8 Å². The van der Waals surface area contributed by atoms with Crippen molar-refractivity contribution in [3.05, 3.63) is 59.7 Å². The van der Waals surface area contributed by atoms with Gasteiger partial charge in [-0.1, -0.05) is 43.3 Å². The first-order chi connectivity index (χ1) is 15.2. The lowest BCUT2D eigenvalue weighted by atomic mass is 9.72. The Morgan fingerprint density at radius 3 is 2.47 bits per heavy atom. The number of aromatic hydroxyl groups is 1. The minimum atomic E-state index is -0.948. The summed E-state index contributed by atoms with van der Waals surface area (Å²) in [6.45, 7) is 5.55. The van der Waals surface area contributed by atoms with Gasteiger partial charge in [0.1, 0.15) is 0 Å². The Morgan fingerprint density at radius 1 is 1.22 bits per heavy atom. The molecule has 1 heterocycles. The highest BCUT2D eigenvalue weighted by molar-refractivity contribution is 5.84. The molecule has 2 N–H and O–H groups in total. The van der Waals surface area contributed by atoms with Gasteiger partial charge in [0.25, 0.3) is 5.91 Å². The first-order valence-corrected chi connectivity index (χ1v) is 10.7. The smallest absolute Gasteiger partial charge is 0.303 e. The summed E-state index contributed by atoms with van der Waals surface area (Å²) in [5, 5.41) is 20.9. The Hall–Kier alpha value is -3.06. The molecule has 2 aromatic rings. The van der Waals surface area contributed by atoms with Crippen LogP contribution in [0.1, 0.15) is 37.8 Å². The molecule has 1 aliphatic rings. The highest BCUT2D eigenvalue weighted by Crippen LogP contribution is 2.46. The van der Waals surface area contributed by atoms with Crippen LogP contribution in [0.3, 0.4) is 0 Å². The number of nitrogens with zero attached hydrogens (tertiary/aromatic N) is 1. The molecule has 0 aliphatic carbocycles. The summed E-state index contributed by atoms with van der Waals surface area (Å²) < 4.78 is 10.5. The average molecular weight is 442 g/mol. The van der Waals surface area contributed by atoms with Crippen molar-refractivity contribution in [2.24, 2.45) is 5.41 Å². The van der Waals surface area contributed by atoms with Crippen LogP contribution in [-0.4, -0.2) is 59.4 Å². The van der Waals surface area contributed by atoms with E-state index in [4.69, 9.17) is 9.47 Å². The maximum Gasteiger partial charge on any atom is 0.303 e. The summed E-state index contributed by atoms with van der Waals surface area (Å²) in [7, 11) is 1.48. The molecule has 1 aliphatic heterocycles. The molecule has 0 radical (unpaired) electrons. The van der Waals surface area contributed by atoms with Crippen LogP contribution in [0, 0.1) is 5.41 Å². The highest BCUT2D eigenvalue weighted by atomic mass is 16.5. The Kier molecular flexibility index (Phi) is 7.09. The van der Waals surface area contributed by atoms with Crippen LogP contribution in [0.25, 0.3) is 0 Å². The number of hydrogen-bond donors (Lipinski definition) is 2. The molecule has 1 saturated heterocycles. The molecule has 2 aromatic carbocycles. The van der Waals surface area contributed by atoms with Crippen molar-refractivity contribution >= 4 is 11.9 Å². The van der Waals surface area contributed by atoms with Gasteiger partial charge in [0.05, 0.1) is 13.2 Å². The zero-order valence-electron chi connectivity index (χ0n) is 18.9. The third kappa shape index (κ3) is 4.88. The number of likely N-dealkylation sites (tertiary alicyclic amines) is 1. The molecule has 0 bridgehead atoms. The lowest BCUT2D eigenvalue weighted by molar-refractivity contribution is -0.158. The van der Waals surface area contributed by atoms with Gasteiger partial charge in [-0.2, -0.15) is 0 Å². The minimum Gasteiger partial charge on any atom is -0.504 e. The van der Waals surface area contributed by atoms with Crippen LogP contribution in [0.15, 0.2) is 48.5 Å². The summed E-state index contributed by atoms with van der Waals surface area (Å²) in [5.74, 6) is -0.677. The van der Waals surface area contributed by atoms with Gasteiger partial charge in [-0.25, -0.2) is 0 Å². The van der Waals surface area contributed by atoms with Crippen molar-refractivity contribution in [2.45, 2.75) is 45.3 Å². The normalized spacial score (nSPS) is 22.3. The molecule has 3 rings (SSSR count). The van der Waals surface area contributed by atoms with E-state index in [1.807, 2.05) is 43.3 Å². The molecule has 1 amide bonds. The summed E-state index contributed by atoms with van der Waals surface area (Å²) >= 11 is 0. The van der Waals surface area contributed by atoms with Gasteiger partial charge in [-0.15, -0.1) is 0 Å². The largest absolute Gasteiger partial charge is 0.504 e. The third-order valence-electron chi connectivity index (χ3n) is 6.45. The van der Waals surface area contributed by atoms with Crippen LogP contribution in [-0.2, 0) is 20.7 Å². The second-order valence-corrected chi connectivity index (χ2v) is 8.67. The number of hydrogen-bond acceptors (Lipinski definition) is 6. The monoisotopic (exact) mass is 441 g/mol. The van der Waals surface area contributed by atoms with Gasteiger partial charge in [0.15, 0.2) is 17.6 Å². The Balaban J connectivity index is 1.88. The molecule has 4 unspecified atom stereocenters. The van der Waals surface area contributed by atoms with E-state index in [-0.39, 0.29) is 24.0 Å². The molecule has 0 spiro atoms. The lowest BCUT2D eigenvalue weighted by Crippen LogP contribution is -2.43. The zero-order chi connectivity index (χ0) is 23.5. The summed E-state index contributed by atoms with van der Waals surface area (Å²) in [6.07, 6.45) is -1.39. The fraction of sp³-hybridized carbons (Fsp3) is 0.440. The van der Waals surface area contributed by atoms with Crippen LogP contribution in [0.4, 0.5) is 0 Å². The van der Waals surface area contributed by atoms with E-state index >= 15 is 0 Å². The Labute approximate surface area is 188 Å². The predicted octanol–water partition coefficient (Wildman–Crippen LogP) is 2.89.